The van der Waals surface area contributed by atoms with Crippen molar-refractivity contribution in [2.75, 3.05) is 32.1 Å². The van der Waals surface area contributed by atoms with Gasteiger partial charge in [0.05, 0.1) is 5.56 Å². The molecule has 0 saturated heterocycles. The Morgan fingerprint density at radius 3 is 2.36 bits per heavy atom. The first-order valence-corrected chi connectivity index (χ1v) is 7.75. The van der Waals surface area contributed by atoms with E-state index < -0.39 is 5.97 Å². The van der Waals surface area contributed by atoms with Crippen LogP contribution in [-0.2, 0) is 9.53 Å². The molecule has 0 bridgehead atoms. The van der Waals surface area contributed by atoms with Gasteiger partial charge in [-0.05, 0) is 30.7 Å². The Balaban J connectivity index is 2.28. The number of hydrogen-bond acceptors (Lipinski definition) is 4. The Bertz CT molecular complexity index is 469. The summed E-state index contributed by atoms with van der Waals surface area (Å²) in [5.74, 6) is -0.735. The van der Waals surface area contributed by atoms with Crippen molar-refractivity contribution in [3.8, 4) is 0 Å². The van der Waals surface area contributed by atoms with Crippen LogP contribution in [0.1, 0.15) is 43.0 Å². The van der Waals surface area contributed by atoms with Crippen molar-refractivity contribution in [2.45, 2.75) is 32.6 Å². The van der Waals surface area contributed by atoms with Crippen LogP contribution in [0.3, 0.4) is 0 Å². The molecule has 5 heteroatoms. The number of anilines is 1. The number of nitrogens with one attached hydrogen (secondary N) is 1. The summed E-state index contributed by atoms with van der Waals surface area (Å²) < 4.78 is 5.00. The fourth-order valence-electron chi connectivity index (χ4n) is 1.94. The lowest BCUT2D eigenvalue weighted by molar-refractivity contribution is -0.124. The van der Waals surface area contributed by atoms with Crippen LogP contribution in [0.4, 0.5) is 5.69 Å². The van der Waals surface area contributed by atoms with Gasteiger partial charge in [-0.25, -0.2) is 4.79 Å². The number of hydrogen-bond donors (Lipinski definition) is 1. The summed E-state index contributed by atoms with van der Waals surface area (Å²) in [7, 11) is 3.86. The summed E-state index contributed by atoms with van der Waals surface area (Å²) in [6.07, 6.45) is 4.40. The third-order valence-corrected chi connectivity index (χ3v) is 3.31. The van der Waals surface area contributed by atoms with E-state index in [1.54, 1.807) is 12.1 Å². The second-order valence-electron chi connectivity index (χ2n) is 5.43. The molecular weight excluding hydrogens is 280 g/mol. The van der Waals surface area contributed by atoms with Crippen molar-refractivity contribution in [2.24, 2.45) is 0 Å². The van der Waals surface area contributed by atoms with Crippen LogP contribution in [0, 0.1) is 0 Å². The van der Waals surface area contributed by atoms with Crippen LogP contribution in [-0.4, -0.2) is 39.1 Å². The molecule has 0 atom stereocenters. The number of benzene rings is 1. The molecule has 122 valence electrons. The van der Waals surface area contributed by atoms with Gasteiger partial charge in [0, 0.05) is 26.3 Å². The topological polar surface area (TPSA) is 58.6 Å². The molecule has 0 saturated carbocycles. The highest BCUT2D eigenvalue weighted by molar-refractivity contribution is 5.91. The van der Waals surface area contributed by atoms with Gasteiger partial charge in [-0.15, -0.1) is 0 Å². The van der Waals surface area contributed by atoms with E-state index in [0.29, 0.717) is 12.1 Å². The minimum Gasteiger partial charge on any atom is -0.452 e. The number of ether oxygens (including phenoxy) is 1. The number of nitrogens with zero attached hydrogens (tertiary/aromatic N) is 1. The minimum absolute atomic E-state index is 0.234. The van der Waals surface area contributed by atoms with Gasteiger partial charge >= 0.3 is 5.97 Å². The molecule has 1 amide bonds. The smallest absolute Gasteiger partial charge is 0.338 e. The van der Waals surface area contributed by atoms with Crippen LogP contribution in [0.5, 0.6) is 0 Å². The largest absolute Gasteiger partial charge is 0.452 e. The lowest BCUT2D eigenvalue weighted by Gasteiger charge is -2.12. The molecule has 1 aromatic carbocycles. The van der Waals surface area contributed by atoms with Crippen molar-refractivity contribution in [3.63, 3.8) is 0 Å². The minimum atomic E-state index is -0.480. The molecule has 0 aliphatic heterocycles. The van der Waals surface area contributed by atoms with Gasteiger partial charge in [0.2, 0.25) is 0 Å². The monoisotopic (exact) mass is 306 g/mol. The van der Waals surface area contributed by atoms with E-state index in [0.717, 1.165) is 24.9 Å². The molecule has 0 unspecified atom stereocenters. The predicted octanol–water partition coefficient (Wildman–Crippen LogP) is 2.61. The maximum atomic E-state index is 11.8. The van der Waals surface area contributed by atoms with Gasteiger partial charge in [-0.3, -0.25) is 4.79 Å². The highest BCUT2D eigenvalue weighted by Crippen LogP contribution is 2.12. The number of carbonyl (C=O) groups excluding carboxylic acids is 2. The summed E-state index contributed by atoms with van der Waals surface area (Å²) in [5.41, 5.74) is 1.45. The molecular formula is C17H26N2O3. The first kappa shape index (κ1) is 18.0. The summed E-state index contributed by atoms with van der Waals surface area (Å²) in [5, 5.41) is 2.75. The molecule has 0 aromatic heterocycles. The van der Waals surface area contributed by atoms with Gasteiger partial charge in [-0.2, -0.15) is 0 Å². The van der Waals surface area contributed by atoms with Crippen molar-refractivity contribution < 1.29 is 14.3 Å². The Kier molecular flexibility index (Phi) is 8.04. The van der Waals surface area contributed by atoms with Gasteiger partial charge in [0.15, 0.2) is 6.61 Å². The van der Waals surface area contributed by atoms with Crippen molar-refractivity contribution in [1.82, 2.24) is 5.32 Å². The summed E-state index contributed by atoms with van der Waals surface area (Å²) >= 11 is 0. The molecule has 0 aliphatic carbocycles. The normalized spacial score (nSPS) is 10.1. The Labute approximate surface area is 132 Å². The van der Waals surface area contributed by atoms with E-state index >= 15 is 0 Å². The number of esters is 1. The lowest BCUT2D eigenvalue weighted by Crippen LogP contribution is -2.29. The van der Waals surface area contributed by atoms with Crippen LogP contribution < -0.4 is 10.2 Å². The first-order valence-electron chi connectivity index (χ1n) is 7.75. The SMILES string of the molecule is CCCCCCNC(=O)COC(=O)c1ccc(N(C)C)cc1. The maximum absolute atomic E-state index is 11.8. The van der Waals surface area contributed by atoms with Gasteiger partial charge < -0.3 is 15.0 Å². The molecule has 0 heterocycles. The predicted molar refractivity (Wildman–Crippen MR) is 88.2 cm³/mol. The fourth-order valence-corrected chi connectivity index (χ4v) is 1.94. The zero-order valence-electron chi connectivity index (χ0n) is 13.7. The Morgan fingerprint density at radius 2 is 1.77 bits per heavy atom. The molecule has 0 fully saturated rings. The summed E-state index contributed by atoms with van der Waals surface area (Å²) in [6.45, 7) is 2.54. The maximum Gasteiger partial charge on any atom is 0.338 e. The molecule has 0 spiro atoms. The molecule has 1 rings (SSSR count). The fraction of sp³-hybridized carbons (Fsp3) is 0.529. The van der Waals surface area contributed by atoms with Crippen LogP contribution in [0.25, 0.3) is 0 Å². The van der Waals surface area contributed by atoms with Gasteiger partial charge in [-0.1, -0.05) is 26.2 Å². The highest BCUT2D eigenvalue weighted by Gasteiger charge is 2.10. The third-order valence-electron chi connectivity index (χ3n) is 3.31. The van der Waals surface area contributed by atoms with Crippen LogP contribution in [0.15, 0.2) is 24.3 Å². The molecule has 0 aliphatic rings. The van der Waals surface area contributed by atoms with Crippen molar-refractivity contribution in [1.29, 1.82) is 0 Å². The van der Waals surface area contributed by atoms with E-state index in [9.17, 15) is 9.59 Å². The Morgan fingerprint density at radius 1 is 1.09 bits per heavy atom. The molecule has 1 aromatic rings. The summed E-state index contributed by atoms with van der Waals surface area (Å²) in [6, 6.07) is 7.06. The van der Waals surface area contributed by atoms with E-state index in [2.05, 4.69) is 12.2 Å². The number of unbranched alkanes of at least 4 members (excludes halogenated alkanes) is 3. The van der Waals surface area contributed by atoms with E-state index in [4.69, 9.17) is 4.74 Å². The third kappa shape index (κ3) is 6.61. The lowest BCUT2D eigenvalue weighted by atomic mass is 10.2. The number of rotatable bonds is 9. The average molecular weight is 306 g/mol. The zero-order chi connectivity index (χ0) is 16.4. The molecule has 22 heavy (non-hydrogen) atoms. The number of carbonyl (C=O) groups is 2. The van der Waals surface area contributed by atoms with Crippen molar-refractivity contribution >= 4 is 17.6 Å². The van der Waals surface area contributed by atoms with Gasteiger partial charge in [0.25, 0.3) is 5.91 Å². The summed E-state index contributed by atoms with van der Waals surface area (Å²) in [4.78, 5) is 25.3. The van der Waals surface area contributed by atoms with Crippen LogP contribution in [0.2, 0.25) is 0 Å². The van der Waals surface area contributed by atoms with E-state index in [1.807, 2.05) is 31.1 Å². The molecule has 1 N–H and O–H groups in total. The highest BCUT2D eigenvalue weighted by atomic mass is 16.5. The second-order valence-corrected chi connectivity index (χ2v) is 5.43. The number of amides is 1. The average Bonchev–Trinajstić information content (AvgIpc) is 2.52. The molecule has 5 nitrogen and oxygen atoms in total. The quantitative estimate of drug-likeness (QED) is 0.563. The molecule has 0 radical (unpaired) electrons. The first-order chi connectivity index (χ1) is 10.5. The zero-order valence-corrected chi connectivity index (χ0v) is 13.7. The van der Waals surface area contributed by atoms with Crippen LogP contribution >= 0.6 is 0 Å². The Hall–Kier alpha value is -2.04. The standard InChI is InChI=1S/C17H26N2O3/c1-4-5-6-7-12-18-16(20)13-22-17(21)14-8-10-15(11-9-14)19(2)3/h8-11H,4-7,12-13H2,1-3H3,(H,18,20). The van der Waals surface area contributed by atoms with E-state index in [-0.39, 0.29) is 12.5 Å². The van der Waals surface area contributed by atoms with Crippen molar-refractivity contribution in [3.05, 3.63) is 29.8 Å². The van der Waals surface area contributed by atoms with E-state index in [1.165, 1.54) is 6.42 Å². The second kappa shape index (κ2) is 9.82. The van der Waals surface area contributed by atoms with Gasteiger partial charge in [0.1, 0.15) is 0 Å².